The van der Waals surface area contributed by atoms with Gasteiger partial charge < -0.3 is 0 Å². The average molecular weight is 320 g/mol. The number of hydrogen-bond acceptors (Lipinski definition) is 3. The van der Waals surface area contributed by atoms with E-state index in [1.807, 2.05) is 0 Å². The fourth-order valence-corrected chi connectivity index (χ4v) is 0.346. The molecule has 0 rings (SSSR count). The van der Waals surface area contributed by atoms with Gasteiger partial charge >= 0.3 is 35.5 Å². The van der Waals surface area contributed by atoms with Crippen molar-refractivity contribution in [3.63, 3.8) is 0 Å². The number of carbonyl (C=O) groups is 2. The molecule has 3 nitrogen and oxygen atoms in total. The Morgan fingerprint density at radius 1 is 0.800 bits per heavy atom. The van der Waals surface area contributed by atoms with Gasteiger partial charge in [0.15, 0.2) is 0 Å². The molecule has 0 heterocycles. The second-order valence-corrected chi connectivity index (χ2v) is 2.02. The summed E-state index contributed by atoms with van der Waals surface area (Å²) in [6.45, 7) is 0. The third kappa shape index (κ3) is 7.35. The van der Waals surface area contributed by atoms with E-state index in [-0.39, 0.29) is 0 Å². The predicted molar refractivity (Wildman–Crippen MR) is 27.4 cm³/mol. The van der Waals surface area contributed by atoms with Crippen molar-refractivity contribution in [1.82, 2.24) is 0 Å². The normalized spacial score (nSPS) is 11.3. The van der Waals surface area contributed by atoms with E-state index in [0.29, 0.717) is 19.8 Å². The summed E-state index contributed by atoms with van der Waals surface area (Å²) in [4.78, 5) is 19.8. The van der Waals surface area contributed by atoms with Crippen molar-refractivity contribution in [2.75, 3.05) is 0 Å². The van der Waals surface area contributed by atoms with Gasteiger partial charge in [-0.1, -0.05) is 0 Å². The quantitative estimate of drug-likeness (QED) is 0.440. The van der Waals surface area contributed by atoms with Gasteiger partial charge in [0.25, 0.3) is 0 Å². The standard InChI is InChI=1S/C5H2F6O2.Mo.O/c6-4(7,8)2(12)1-3(13)5(9,10)11;;/h1H2;;. The van der Waals surface area contributed by atoms with Crippen LogP contribution in [0.3, 0.4) is 0 Å². The zero-order chi connectivity index (χ0) is 12.9. The zero-order valence-corrected chi connectivity index (χ0v) is 8.61. The first-order valence-corrected chi connectivity index (χ1v) is 3.74. The molecule has 0 saturated carbocycles. The Hall–Kier alpha value is -0.592. The monoisotopic (exact) mass is 322 g/mol. The van der Waals surface area contributed by atoms with Crippen LogP contribution in [0, 0.1) is 0 Å². The third-order valence-electron chi connectivity index (χ3n) is 0.953. The average Bonchev–Trinajstić information content (AvgIpc) is 2.04. The van der Waals surface area contributed by atoms with Crippen LogP contribution in [0.2, 0.25) is 0 Å². The molecule has 0 unspecified atom stereocenters. The van der Waals surface area contributed by atoms with Gasteiger partial charge in [-0.25, -0.2) is 0 Å². The van der Waals surface area contributed by atoms with Crippen LogP contribution in [0.25, 0.3) is 0 Å². The van der Waals surface area contributed by atoms with E-state index in [1.165, 1.54) is 0 Å². The number of alkyl halides is 6. The fraction of sp³-hybridized carbons (Fsp3) is 0.600. The summed E-state index contributed by atoms with van der Waals surface area (Å²) in [7, 11) is 0. The minimum absolute atomic E-state index is 0.700. The summed E-state index contributed by atoms with van der Waals surface area (Å²) in [5.74, 6) is -5.40. The van der Waals surface area contributed by atoms with Crippen LogP contribution in [0.4, 0.5) is 26.3 Å². The van der Waals surface area contributed by atoms with Crippen molar-refractivity contribution >= 4 is 11.6 Å². The molecule has 0 amide bonds. The number of hydrogen-bond donors (Lipinski definition) is 0. The first kappa shape index (κ1) is 16.8. The predicted octanol–water partition coefficient (Wildman–Crippen LogP) is 1.52. The molecular weight excluding hydrogens is 318 g/mol. The minimum atomic E-state index is -5.40. The van der Waals surface area contributed by atoms with E-state index in [9.17, 15) is 35.9 Å². The van der Waals surface area contributed by atoms with Gasteiger partial charge in [-0.05, 0) is 0 Å². The molecule has 88 valence electrons. The van der Waals surface area contributed by atoms with E-state index < -0.39 is 30.3 Å². The molecule has 0 N–H and O–H groups in total. The number of Topliss-reactive ketones (excluding diaryl/α,β-unsaturated/α-hetero) is 2. The summed E-state index contributed by atoms with van der Waals surface area (Å²) >= 11 is 0.700. The Labute approximate surface area is 90.0 Å². The molecule has 0 atom stereocenters. The van der Waals surface area contributed by atoms with E-state index >= 15 is 0 Å². The van der Waals surface area contributed by atoms with Gasteiger partial charge in [-0.2, -0.15) is 26.3 Å². The van der Waals surface area contributed by atoms with Crippen molar-refractivity contribution in [2.45, 2.75) is 18.8 Å². The maximum atomic E-state index is 11.3. The number of halogens is 6. The summed E-state index contributed by atoms with van der Waals surface area (Å²) in [5, 5.41) is 0. The molecule has 0 radical (unpaired) electrons. The molecular formula is C5H2F6MoO3. The van der Waals surface area contributed by atoms with Gasteiger partial charge in [-0.15, -0.1) is 0 Å². The summed E-state index contributed by atoms with van der Waals surface area (Å²) in [6, 6.07) is 0. The van der Waals surface area contributed by atoms with Crippen LogP contribution in [-0.2, 0) is 32.8 Å². The van der Waals surface area contributed by atoms with E-state index in [1.54, 1.807) is 0 Å². The molecule has 0 aromatic carbocycles. The molecule has 10 heteroatoms. The molecule has 0 bridgehead atoms. The van der Waals surface area contributed by atoms with Gasteiger partial charge in [0, 0.05) is 0 Å². The Balaban J connectivity index is 0. The van der Waals surface area contributed by atoms with Crippen molar-refractivity contribution in [3.8, 4) is 0 Å². The molecule has 0 spiro atoms. The van der Waals surface area contributed by atoms with Gasteiger partial charge in [-0.3, -0.25) is 9.59 Å². The first-order chi connectivity index (χ1) is 6.55. The Bertz CT molecular complexity index is 220. The maximum absolute atomic E-state index is 11.3. The molecule has 0 aromatic rings. The van der Waals surface area contributed by atoms with Gasteiger partial charge in [0.1, 0.15) is 0 Å². The summed E-state index contributed by atoms with van der Waals surface area (Å²) in [5.41, 5.74) is 0. The summed E-state index contributed by atoms with van der Waals surface area (Å²) in [6.07, 6.45) is -13.0. The van der Waals surface area contributed by atoms with Crippen LogP contribution in [-0.4, -0.2) is 23.9 Å². The summed E-state index contributed by atoms with van der Waals surface area (Å²) < 4.78 is 76.2. The van der Waals surface area contributed by atoms with Crippen LogP contribution < -0.4 is 0 Å². The third-order valence-corrected chi connectivity index (χ3v) is 0.953. The van der Waals surface area contributed by atoms with Crippen LogP contribution in [0.15, 0.2) is 0 Å². The Morgan fingerprint density at radius 3 is 1.13 bits per heavy atom. The number of rotatable bonds is 2. The Morgan fingerprint density at radius 2 is 1.00 bits per heavy atom. The van der Waals surface area contributed by atoms with E-state index in [0.717, 1.165) is 0 Å². The fourth-order valence-electron chi connectivity index (χ4n) is 0.346. The van der Waals surface area contributed by atoms with Crippen molar-refractivity contribution in [3.05, 3.63) is 0 Å². The van der Waals surface area contributed by atoms with Crippen molar-refractivity contribution in [2.24, 2.45) is 0 Å². The first-order valence-electron chi connectivity index (χ1n) is 2.92. The number of ketones is 2. The van der Waals surface area contributed by atoms with Gasteiger partial charge in [0.05, 0.1) is 6.42 Å². The second kappa shape index (κ2) is 6.09. The van der Waals surface area contributed by atoms with Crippen LogP contribution in [0.1, 0.15) is 6.42 Å². The molecule has 0 aliphatic rings. The van der Waals surface area contributed by atoms with Crippen LogP contribution in [0.5, 0.6) is 0 Å². The van der Waals surface area contributed by atoms with Crippen molar-refractivity contribution in [1.29, 1.82) is 0 Å². The van der Waals surface area contributed by atoms with E-state index in [4.69, 9.17) is 3.40 Å². The Kier molecular flexibility index (Phi) is 6.83. The molecule has 15 heavy (non-hydrogen) atoms. The SMILES string of the molecule is O=C(CC(=O)C(F)(F)F)C(F)(F)F.[O]=[Mo]. The molecule has 0 aliphatic heterocycles. The molecule has 0 fully saturated rings. The second-order valence-electron chi connectivity index (χ2n) is 2.02. The molecule has 0 aromatic heterocycles. The molecule has 0 saturated heterocycles. The van der Waals surface area contributed by atoms with E-state index in [2.05, 4.69) is 0 Å². The number of carbonyl (C=O) groups excluding carboxylic acids is 2. The van der Waals surface area contributed by atoms with Crippen LogP contribution >= 0.6 is 0 Å². The van der Waals surface area contributed by atoms with Gasteiger partial charge in [0.2, 0.25) is 11.6 Å². The topological polar surface area (TPSA) is 51.2 Å². The molecule has 0 aliphatic carbocycles. The van der Waals surface area contributed by atoms with Crippen molar-refractivity contribution < 1.29 is 59.1 Å². The zero-order valence-electron chi connectivity index (χ0n) is 6.61.